The maximum Gasteiger partial charge on any atom is 0.306 e. The summed E-state index contributed by atoms with van der Waals surface area (Å²) in [5.74, 6) is -0.406. The van der Waals surface area contributed by atoms with E-state index in [2.05, 4.69) is 24.1 Å². The fourth-order valence-electron chi connectivity index (χ4n) is 1.43. The number of likely N-dealkylation sites (N-methyl/N-ethyl adjacent to an activating group) is 1. The number of esters is 1. The zero-order valence-electron chi connectivity index (χ0n) is 11.1. The summed E-state index contributed by atoms with van der Waals surface area (Å²) in [4.78, 5) is 24.6. The first-order chi connectivity index (χ1) is 8.13. The quantitative estimate of drug-likeness (QED) is 0.609. The van der Waals surface area contributed by atoms with Crippen LogP contribution in [0, 0.1) is 0 Å². The van der Waals surface area contributed by atoms with E-state index >= 15 is 0 Å². The molecule has 0 spiro atoms. The molecule has 17 heavy (non-hydrogen) atoms. The van der Waals surface area contributed by atoms with Crippen molar-refractivity contribution in [2.75, 3.05) is 32.8 Å². The number of nitrogens with zero attached hydrogens (tertiary/aromatic N) is 1. The summed E-state index contributed by atoms with van der Waals surface area (Å²) in [6.45, 7) is 9.73. The minimum Gasteiger partial charge on any atom is -0.466 e. The van der Waals surface area contributed by atoms with Crippen LogP contribution in [0.4, 0.5) is 0 Å². The van der Waals surface area contributed by atoms with Gasteiger partial charge in [-0.25, -0.2) is 0 Å². The number of nitrogens with one attached hydrogen (secondary N) is 1. The van der Waals surface area contributed by atoms with Gasteiger partial charge in [-0.15, -0.1) is 0 Å². The Morgan fingerprint density at radius 2 is 1.76 bits per heavy atom. The molecule has 5 nitrogen and oxygen atoms in total. The number of carbonyl (C=O) groups is 2. The van der Waals surface area contributed by atoms with Crippen molar-refractivity contribution in [1.82, 2.24) is 10.2 Å². The summed E-state index contributed by atoms with van der Waals surface area (Å²) < 4.78 is 4.74. The van der Waals surface area contributed by atoms with E-state index in [1.165, 1.54) is 0 Å². The number of hydrogen-bond acceptors (Lipinski definition) is 4. The lowest BCUT2D eigenvalue weighted by Gasteiger charge is -2.17. The maximum atomic E-state index is 11.4. The van der Waals surface area contributed by atoms with Gasteiger partial charge in [-0.1, -0.05) is 13.8 Å². The number of hydrogen-bond donors (Lipinski definition) is 1. The van der Waals surface area contributed by atoms with Crippen LogP contribution in [0.15, 0.2) is 0 Å². The lowest BCUT2D eigenvalue weighted by molar-refractivity contribution is -0.144. The largest absolute Gasteiger partial charge is 0.466 e. The zero-order chi connectivity index (χ0) is 13.1. The standard InChI is InChI=1S/C12H24N2O3/c1-4-14(5-2)10-9-13-11(15)7-8-12(16)17-6-3/h4-10H2,1-3H3,(H,13,15). The molecule has 1 N–H and O–H groups in total. The maximum absolute atomic E-state index is 11.4. The number of amides is 1. The predicted octanol–water partition coefficient (Wildman–Crippen LogP) is 0.788. The highest BCUT2D eigenvalue weighted by Gasteiger charge is 2.07. The zero-order valence-corrected chi connectivity index (χ0v) is 11.1. The van der Waals surface area contributed by atoms with Crippen LogP contribution in [0.5, 0.6) is 0 Å². The predicted molar refractivity (Wildman–Crippen MR) is 66.7 cm³/mol. The fourth-order valence-corrected chi connectivity index (χ4v) is 1.43. The van der Waals surface area contributed by atoms with Gasteiger partial charge in [0.15, 0.2) is 0 Å². The molecule has 1 amide bonds. The van der Waals surface area contributed by atoms with Crippen molar-refractivity contribution in [2.24, 2.45) is 0 Å². The molecule has 0 unspecified atom stereocenters. The van der Waals surface area contributed by atoms with Crippen LogP contribution in [0.1, 0.15) is 33.6 Å². The monoisotopic (exact) mass is 244 g/mol. The summed E-state index contributed by atoms with van der Waals surface area (Å²) in [5, 5.41) is 2.79. The Hall–Kier alpha value is -1.10. The summed E-state index contributed by atoms with van der Waals surface area (Å²) >= 11 is 0. The van der Waals surface area contributed by atoms with E-state index in [1.54, 1.807) is 6.92 Å². The van der Waals surface area contributed by atoms with E-state index in [1.807, 2.05) is 0 Å². The second-order valence-corrected chi connectivity index (χ2v) is 3.68. The van der Waals surface area contributed by atoms with Crippen molar-refractivity contribution in [3.8, 4) is 0 Å². The molecular weight excluding hydrogens is 220 g/mol. The van der Waals surface area contributed by atoms with Crippen LogP contribution in [0.3, 0.4) is 0 Å². The molecule has 0 aliphatic carbocycles. The first kappa shape index (κ1) is 15.9. The summed E-state index contributed by atoms with van der Waals surface area (Å²) in [7, 11) is 0. The topological polar surface area (TPSA) is 58.6 Å². The second-order valence-electron chi connectivity index (χ2n) is 3.68. The number of carbonyl (C=O) groups excluding carboxylic acids is 2. The molecule has 5 heteroatoms. The molecule has 0 aromatic heterocycles. The normalized spacial score (nSPS) is 10.4. The Bertz CT molecular complexity index is 228. The highest BCUT2D eigenvalue weighted by Crippen LogP contribution is 1.93. The smallest absolute Gasteiger partial charge is 0.306 e. The summed E-state index contributed by atoms with van der Waals surface area (Å²) in [6.07, 6.45) is 0.363. The van der Waals surface area contributed by atoms with E-state index in [-0.39, 0.29) is 24.7 Å². The Morgan fingerprint density at radius 1 is 1.12 bits per heavy atom. The van der Waals surface area contributed by atoms with Crippen molar-refractivity contribution in [3.63, 3.8) is 0 Å². The molecule has 0 aromatic rings. The van der Waals surface area contributed by atoms with Gasteiger partial charge in [-0.2, -0.15) is 0 Å². The van der Waals surface area contributed by atoms with Crippen LogP contribution in [0.2, 0.25) is 0 Å². The summed E-state index contributed by atoms with van der Waals surface area (Å²) in [6, 6.07) is 0. The van der Waals surface area contributed by atoms with Gasteiger partial charge < -0.3 is 15.0 Å². The first-order valence-corrected chi connectivity index (χ1v) is 6.28. The Kier molecular flexibility index (Phi) is 9.43. The van der Waals surface area contributed by atoms with Crippen molar-refractivity contribution in [3.05, 3.63) is 0 Å². The lowest BCUT2D eigenvalue weighted by atomic mass is 10.3. The molecule has 0 atom stereocenters. The molecular formula is C12H24N2O3. The van der Waals surface area contributed by atoms with E-state index in [0.29, 0.717) is 13.2 Å². The van der Waals surface area contributed by atoms with Crippen LogP contribution in [0.25, 0.3) is 0 Å². The van der Waals surface area contributed by atoms with Crippen molar-refractivity contribution < 1.29 is 14.3 Å². The van der Waals surface area contributed by atoms with E-state index in [9.17, 15) is 9.59 Å². The van der Waals surface area contributed by atoms with Gasteiger partial charge in [0.05, 0.1) is 13.0 Å². The second kappa shape index (κ2) is 10.1. The molecule has 0 aliphatic rings. The summed E-state index contributed by atoms with van der Waals surface area (Å²) in [5.41, 5.74) is 0. The van der Waals surface area contributed by atoms with Gasteiger partial charge >= 0.3 is 5.97 Å². The molecule has 0 bridgehead atoms. The molecule has 0 saturated heterocycles. The highest BCUT2D eigenvalue weighted by molar-refractivity contribution is 5.81. The van der Waals surface area contributed by atoms with Gasteiger partial charge in [-0.3, -0.25) is 9.59 Å². The lowest BCUT2D eigenvalue weighted by Crippen LogP contribution is -2.34. The first-order valence-electron chi connectivity index (χ1n) is 6.28. The molecule has 0 heterocycles. The van der Waals surface area contributed by atoms with Gasteiger partial charge in [0.1, 0.15) is 0 Å². The van der Waals surface area contributed by atoms with Crippen LogP contribution in [-0.4, -0.2) is 49.6 Å². The third-order valence-electron chi connectivity index (χ3n) is 2.51. The van der Waals surface area contributed by atoms with Gasteiger partial charge in [0.2, 0.25) is 5.91 Å². The SMILES string of the molecule is CCOC(=O)CCC(=O)NCCN(CC)CC. The molecule has 100 valence electrons. The molecule has 0 fully saturated rings. The van der Waals surface area contributed by atoms with Gasteiger partial charge in [0, 0.05) is 19.5 Å². The molecule has 0 saturated carbocycles. The Balaban J connectivity index is 3.56. The van der Waals surface area contributed by atoms with E-state index < -0.39 is 0 Å². The third kappa shape index (κ3) is 8.68. The molecule has 0 rings (SSSR count). The van der Waals surface area contributed by atoms with Gasteiger partial charge in [0.25, 0.3) is 0 Å². The van der Waals surface area contributed by atoms with Crippen LogP contribution >= 0.6 is 0 Å². The van der Waals surface area contributed by atoms with Crippen LogP contribution < -0.4 is 5.32 Å². The fraction of sp³-hybridized carbons (Fsp3) is 0.833. The van der Waals surface area contributed by atoms with E-state index in [4.69, 9.17) is 4.74 Å². The van der Waals surface area contributed by atoms with Crippen molar-refractivity contribution in [1.29, 1.82) is 0 Å². The Labute approximate surface area is 103 Å². The average molecular weight is 244 g/mol. The Morgan fingerprint density at radius 3 is 2.29 bits per heavy atom. The number of ether oxygens (including phenoxy) is 1. The molecule has 0 aliphatic heterocycles. The molecule has 0 radical (unpaired) electrons. The van der Waals surface area contributed by atoms with Crippen molar-refractivity contribution >= 4 is 11.9 Å². The van der Waals surface area contributed by atoms with Gasteiger partial charge in [-0.05, 0) is 20.0 Å². The third-order valence-corrected chi connectivity index (χ3v) is 2.51. The number of rotatable bonds is 9. The minimum atomic E-state index is -0.314. The molecule has 0 aromatic carbocycles. The van der Waals surface area contributed by atoms with Crippen LogP contribution in [-0.2, 0) is 14.3 Å². The van der Waals surface area contributed by atoms with E-state index in [0.717, 1.165) is 19.6 Å². The highest BCUT2D eigenvalue weighted by atomic mass is 16.5. The van der Waals surface area contributed by atoms with Crippen molar-refractivity contribution in [2.45, 2.75) is 33.6 Å². The average Bonchev–Trinajstić information content (AvgIpc) is 2.32. The minimum absolute atomic E-state index is 0.0924.